The van der Waals surface area contributed by atoms with E-state index in [9.17, 15) is 0 Å². The van der Waals surface area contributed by atoms with Gasteiger partial charge in [0, 0.05) is 32.8 Å². The molecule has 0 fully saturated rings. The Morgan fingerprint density at radius 2 is 2.09 bits per heavy atom. The molecular weight excluding hydrogens is 296 g/mol. The summed E-state index contributed by atoms with van der Waals surface area (Å²) in [4.78, 5) is 4.23. The molecule has 22 heavy (non-hydrogen) atoms. The Bertz CT molecular complexity index is 594. The number of rotatable bonds is 8. The number of aliphatic imine (C=N–C) groups is 1. The molecule has 2 N–H and O–H groups in total. The van der Waals surface area contributed by atoms with E-state index in [0.717, 1.165) is 43.4 Å². The van der Waals surface area contributed by atoms with Crippen molar-refractivity contribution in [3.05, 3.63) is 30.2 Å². The van der Waals surface area contributed by atoms with Crippen molar-refractivity contribution >= 4 is 23.4 Å². The first-order valence-electron chi connectivity index (χ1n) is 7.57. The summed E-state index contributed by atoms with van der Waals surface area (Å²) in [6.07, 6.45) is 7.33. The van der Waals surface area contributed by atoms with Gasteiger partial charge in [0.05, 0.1) is 0 Å². The fraction of sp³-hybridized carbons (Fsp3) is 0.533. The molecule has 0 aliphatic carbocycles. The third kappa shape index (κ3) is 4.91. The zero-order valence-electron chi connectivity index (χ0n) is 13.2. The lowest BCUT2D eigenvalue weighted by molar-refractivity contribution is 0.722. The Morgan fingerprint density at radius 1 is 1.23 bits per heavy atom. The van der Waals surface area contributed by atoms with Crippen LogP contribution in [0.4, 0.5) is 0 Å². The van der Waals surface area contributed by atoms with E-state index in [1.807, 2.05) is 40.6 Å². The van der Waals surface area contributed by atoms with Crippen molar-refractivity contribution in [3.8, 4) is 0 Å². The van der Waals surface area contributed by atoms with Crippen LogP contribution in [0, 0.1) is 0 Å². The van der Waals surface area contributed by atoms with Crippen LogP contribution in [0.3, 0.4) is 0 Å². The second kappa shape index (κ2) is 9.30. The number of pyridine rings is 1. The van der Waals surface area contributed by atoms with Gasteiger partial charge in [-0.25, -0.2) is 0 Å². The molecule has 0 atom stereocenters. The van der Waals surface area contributed by atoms with Crippen molar-refractivity contribution in [1.29, 1.82) is 0 Å². The molecule has 2 rings (SSSR count). The van der Waals surface area contributed by atoms with Crippen molar-refractivity contribution in [2.24, 2.45) is 4.99 Å². The average molecular weight is 320 g/mol. The summed E-state index contributed by atoms with van der Waals surface area (Å²) in [5.41, 5.74) is 0.883. The summed E-state index contributed by atoms with van der Waals surface area (Å²) in [6.45, 7) is 1.73. The van der Waals surface area contributed by atoms with E-state index < -0.39 is 0 Å². The van der Waals surface area contributed by atoms with Crippen molar-refractivity contribution < 1.29 is 0 Å². The Labute approximate surface area is 135 Å². The van der Waals surface area contributed by atoms with Gasteiger partial charge in [-0.15, -0.1) is 10.2 Å². The number of hydrogen-bond donors (Lipinski definition) is 2. The van der Waals surface area contributed by atoms with Crippen LogP contribution in [0.25, 0.3) is 5.65 Å². The fourth-order valence-corrected chi connectivity index (χ4v) is 2.65. The van der Waals surface area contributed by atoms with Crippen molar-refractivity contribution in [2.75, 3.05) is 32.1 Å². The standard InChI is InChI=1S/C15H24N6S/c1-16-15(17-9-4-6-12-22-2)18-10-8-14-20-19-13-7-3-5-11-21(13)14/h3,5,7,11H,4,6,8-10,12H2,1-2H3,(H2,16,17,18). The number of nitrogens with one attached hydrogen (secondary N) is 2. The summed E-state index contributed by atoms with van der Waals surface area (Å²) < 4.78 is 2.01. The third-order valence-corrected chi connectivity index (χ3v) is 4.01. The predicted molar refractivity (Wildman–Crippen MR) is 93.7 cm³/mol. The van der Waals surface area contributed by atoms with E-state index in [1.54, 1.807) is 7.05 Å². The van der Waals surface area contributed by atoms with Gasteiger partial charge in [0.25, 0.3) is 0 Å². The summed E-state index contributed by atoms with van der Waals surface area (Å²) >= 11 is 1.89. The third-order valence-electron chi connectivity index (χ3n) is 3.32. The van der Waals surface area contributed by atoms with Gasteiger partial charge in [0.1, 0.15) is 5.82 Å². The molecule has 0 aliphatic rings. The molecule has 7 heteroatoms. The average Bonchev–Trinajstić information content (AvgIpc) is 2.96. The molecule has 0 aliphatic heterocycles. The number of aromatic nitrogens is 3. The Hall–Kier alpha value is -1.76. The molecule has 0 saturated heterocycles. The lowest BCUT2D eigenvalue weighted by atomic mass is 10.3. The molecular formula is C15H24N6S. The first-order chi connectivity index (χ1) is 10.8. The van der Waals surface area contributed by atoms with E-state index in [1.165, 1.54) is 12.2 Å². The number of thioether (sulfide) groups is 1. The molecule has 0 saturated carbocycles. The van der Waals surface area contributed by atoms with E-state index >= 15 is 0 Å². The smallest absolute Gasteiger partial charge is 0.190 e. The molecule has 2 aromatic heterocycles. The minimum atomic E-state index is 0.778. The summed E-state index contributed by atoms with van der Waals surface area (Å²) in [6, 6.07) is 5.91. The normalized spacial score (nSPS) is 11.8. The minimum Gasteiger partial charge on any atom is -0.356 e. The Kier molecular flexibility index (Phi) is 7.02. The second-order valence-corrected chi connectivity index (χ2v) is 5.91. The molecule has 0 aromatic carbocycles. The van der Waals surface area contributed by atoms with Crippen LogP contribution >= 0.6 is 11.8 Å². The van der Waals surface area contributed by atoms with Crippen LogP contribution in [0.5, 0.6) is 0 Å². The topological polar surface area (TPSA) is 66.6 Å². The Morgan fingerprint density at radius 3 is 2.91 bits per heavy atom. The summed E-state index contributed by atoms with van der Waals surface area (Å²) in [5, 5.41) is 15.0. The van der Waals surface area contributed by atoms with Gasteiger partial charge < -0.3 is 10.6 Å². The number of fused-ring (bicyclic) bond motifs is 1. The number of nitrogens with zero attached hydrogens (tertiary/aromatic N) is 4. The monoisotopic (exact) mass is 320 g/mol. The van der Waals surface area contributed by atoms with Crippen LogP contribution < -0.4 is 10.6 Å². The highest BCUT2D eigenvalue weighted by atomic mass is 32.2. The van der Waals surface area contributed by atoms with Gasteiger partial charge in [0.15, 0.2) is 11.6 Å². The molecule has 2 aromatic rings. The Balaban J connectivity index is 1.72. The van der Waals surface area contributed by atoms with Crippen LogP contribution in [-0.4, -0.2) is 52.7 Å². The van der Waals surface area contributed by atoms with Gasteiger partial charge in [-0.05, 0) is 37.0 Å². The number of unbranched alkanes of at least 4 members (excludes halogenated alkanes) is 1. The number of hydrogen-bond acceptors (Lipinski definition) is 4. The lowest BCUT2D eigenvalue weighted by Gasteiger charge is -2.11. The first-order valence-corrected chi connectivity index (χ1v) is 8.96. The molecule has 0 spiro atoms. The largest absolute Gasteiger partial charge is 0.356 e. The maximum absolute atomic E-state index is 4.23. The van der Waals surface area contributed by atoms with Crippen LogP contribution in [0.1, 0.15) is 18.7 Å². The molecule has 0 bridgehead atoms. The van der Waals surface area contributed by atoms with E-state index in [0.29, 0.717) is 0 Å². The molecule has 0 amide bonds. The maximum atomic E-state index is 4.23. The number of guanidine groups is 1. The van der Waals surface area contributed by atoms with Gasteiger partial charge in [-0.2, -0.15) is 11.8 Å². The minimum absolute atomic E-state index is 0.778. The van der Waals surface area contributed by atoms with E-state index in [4.69, 9.17) is 0 Å². The fourth-order valence-electron chi connectivity index (χ4n) is 2.15. The first kappa shape index (κ1) is 16.6. The summed E-state index contributed by atoms with van der Waals surface area (Å²) in [5.74, 6) is 3.02. The van der Waals surface area contributed by atoms with Gasteiger partial charge in [-0.3, -0.25) is 9.39 Å². The second-order valence-electron chi connectivity index (χ2n) is 4.92. The molecule has 0 unspecified atom stereocenters. The van der Waals surface area contributed by atoms with Crippen molar-refractivity contribution in [1.82, 2.24) is 25.2 Å². The van der Waals surface area contributed by atoms with Crippen LogP contribution in [0.2, 0.25) is 0 Å². The zero-order chi connectivity index (χ0) is 15.6. The maximum Gasteiger partial charge on any atom is 0.190 e. The van der Waals surface area contributed by atoms with Crippen molar-refractivity contribution in [3.63, 3.8) is 0 Å². The molecule has 120 valence electrons. The SMILES string of the molecule is CN=C(NCCCCSC)NCCc1nnc2ccccn12. The van der Waals surface area contributed by atoms with Crippen molar-refractivity contribution in [2.45, 2.75) is 19.3 Å². The summed E-state index contributed by atoms with van der Waals surface area (Å²) in [7, 11) is 1.80. The lowest BCUT2D eigenvalue weighted by Crippen LogP contribution is -2.38. The highest BCUT2D eigenvalue weighted by Gasteiger charge is 2.04. The zero-order valence-corrected chi connectivity index (χ0v) is 14.1. The van der Waals surface area contributed by atoms with Gasteiger partial charge in [-0.1, -0.05) is 6.07 Å². The van der Waals surface area contributed by atoms with E-state index in [2.05, 4.69) is 32.1 Å². The highest BCUT2D eigenvalue weighted by molar-refractivity contribution is 7.98. The van der Waals surface area contributed by atoms with Crippen LogP contribution in [0.15, 0.2) is 29.4 Å². The highest BCUT2D eigenvalue weighted by Crippen LogP contribution is 2.02. The van der Waals surface area contributed by atoms with Crippen LogP contribution in [-0.2, 0) is 6.42 Å². The molecule has 0 radical (unpaired) electrons. The van der Waals surface area contributed by atoms with E-state index in [-0.39, 0.29) is 0 Å². The molecule has 2 heterocycles. The quantitative estimate of drug-likeness (QED) is 0.439. The van der Waals surface area contributed by atoms with Gasteiger partial charge >= 0.3 is 0 Å². The predicted octanol–water partition coefficient (Wildman–Crippen LogP) is 1.58. The van der Waals surface area contributed by atoms with Gasteiger partial charge in [0.2, 0.25) is 0 Å². The molecule has 6 nitrogen and oxygen atoms in total.